The van der Waals surface area contributed by atoms with E-state index in [-0.39, 0.29) is 24.8 Å². The maximum atomic E-state index is 6.07. The van der Waals surface area contributed by atoms with Gasteiger partial charge in [-0.05, 0) is 37.9 Å². The van der Waals surface area contributed by atoms with E-state index in [1.807, 2.05) is 0 Å². The zero-order valence-electron chi connectivity index (χ0n) is 14.9. The van der Waals surface area contributed by atoms with Gasteiger partial charge >= 0.3 is 0 Å². The molecule has 0 amide bonds. The monoisotopic (exact) mass is 362 g/mol. The van der Waals surface area contributed by atoms with Crippen LogP contribution in [0.4, 0.5) is 0 Å². The third kappa shape index (κ3) is 7.75. The molecule has 3 nitrogen and oxygen atoms in total. The van der Waals surface area contributed by atoms with Crippen molar-refractivity contribution in [2.24, 2.45) is 5.92 Å². The Labute approximate surface area is 154 Å². The van der Waals surface area contributed by atoms with E-state index in [2.05, 4.69) is 55.8 Å². The first kappa shape index (κ1) is 22.5. The summed E-state index contributed by atoms with van der Waals surface area (Å²) in [5.41, 5.74) is 2.67. The molecule has 1 aliphatic heterocycles. The Morgan fingerprint density at radius 2 is 1.74 bits per heavy atom. The Morgan fingerprint density at radius 1 is 1.09 bits per heavy atom. The minimum absolute atomic E-state index is 0. The Kier molecular flexibility index (Phi) is 10.9. The number of halogens is 2. The summed E-state index contributed by atoms with van der Waals surface area (Å²) in [5, 5.41) is 0. The van der Waals surface area contributed by atoms with Crippen molar-refractivity contribution in [1.29, 1.82) is 0 Å². The minimum Gasteiger partial charge on any atom is -0.492 e. The van der Waals surface area contributed by atoms with Gasteiger partial charge < -0.3 is 9.64 Å². The van der Waals surface area contributed by atoms with E-state index in [1.165, 1.54) is 24.2 Å². The van der Waals surface area contributed by atoms with Gasteiger partial charge in [0.25, 0.3) is 0 Å². The first-order chi connectivity index (χ1) is 10.0. The molecule has 0 radical (unpaired) electrons. The largest absolute Gasteiger partial charge is 0.492 e. The van der Waals surface area contributed by atoms with Crippen LogP contribution in [0.25, 0.3) is 0 Å². The maximum absolute atomic E-state index is 6.07. The molecular formula is C18H32Cl2N2O. The molecule has 0 N–H and O–H groups in total. The Hall–Kier alpha value is -0.480. The quantitative estimate of drug-likeness (QED) is 0.767. The second-order valence-corrected chi connectivity index (χ2v) is 6.70. The zero-order chi connectivity index (χ0) is 15.2. The van der Waals surface area contributed by atoms with Gasteiger partial charge in [0, 0.05) is 32.7 Å². The number of likely N-dealkylation sites (N-methyl/N-ethyl adjacent to an activating group) is 1. The van der Waals surface area contributed by atoms with Crippen LogP contribution in [0.3, 0.4) is 0 Å². The summed E-state index contributed by atoms with van der Waals surface area (Å²) in [6.45, 7) is 13.1. The first-order valence-corrected chi connectivity index (χ1v) is 8.18. The molecule has 5 heteroatoms. The SMILES string of the molecule is Cc1ccc(OCCN2CCN(C)CC2)c(CC(C)C)c1.Cl.Cl. The van der Waals surface area contributed by atoms with Gasteiger partial charge in [0.2, 0.25) is 0 Å². The summed E-state index contributed by atoms with van der Waals surface area (Å²) < 4.78 is 6.07. The standard InChI is InChI=1S/C18H30N2O.2ClH/c1-15(2)13-17-14-16(3)5-6-18(17)21-12-11-20-9-7-19(4)8-10-20;;/h5-6,14-15H,7-13H2,1-4H3;2*1H. The van der Waals surface area contributed by atoms with E-state index in [0.29, 0.717) is 5.92 Å². The van der Waals surface area contributed by atoms with Crippen molar-refractivity contribution >= 4 is 24.8 Å². The molecule has 1 aliphatic rings. The van der Waals surface area contributed by atoms with Crippen molar-refractivity contribution in [2.45, 2.75) is 27.2 Å². The summed E-state index contributed by atoms with van der Waals surface area (Å²) in [6, 6.07) is 6.55. The molecular weight excluding hydrogens is 331 g/mol. The van der Waals surface area contributed by atoms with Crippen LogP contribution in [0.15, 0.2) is 18.2 Å². The van der Waals surface area contributed by atoms with Crippen LogP contribution in [0.1, 0.15) is 25.0 Å². The predicted octanol–water partition coefficient (Wildman–Crippen LogP) is 3.66. The van der Waals surface area contributed by atoms with Gasteiger partial charge in [-0.25, -0.2) is 0 Å². The molecule has 1 fully saturated rings. The molecule has 23 heavy (non-hydrogen) atoms. The molecule has 0 aliphatic carbocycles. The molecule has 2 rings (SSSR count). The van der Waals surface area contributed by atoms with Crippen molar-refractivity contribution in [3.05, 3.63) is 29.3 Å². The van der Waals surface area contributed by atoms with E-state index in [0.717, 1.165) is 38.4 Å². The molecule has 1 saturated heterocycles. The van der Waals surface area contributed by atoms with Crippen molar-refractivity contribution in [1.82, 2.24) is 9.80 Å². The Bertz CT molecular complexity index is 447. The topological polar surface area (TPSA) is 15.7 Å². The lowest BCUT2D eigenvalue weighted by Crippen LogP contribution is -2.45. The third-order valence-corrected chi connectivity index (χ3v) is 4.11. The molecule has 134 valence electrons. The van der Waals surface area contributed by atoms with Crippen LogP contribution in [-0.2, 0) is 6.42 Å². The highest BCUT2D eigenvalue weighted by atomic mass is 35.5. The van der Waals surface area contributed by atoms with Gasteiger partial charge in [-0.3, -0.25) is 4.90 Å². The second kappa shape index (κ2) is 11.1. The number of ether oxygens (including phenoxy) is 1. The number of piperazine rings is 1. The van der Waals surface area contributed by atoms with Gasteiger partial charge in [-0.1, -0.05) is 31.5 Å². The third-order valence-electron chi connectivity index (χ3n) is 4.11. The lowest BCUT2D eigenvalue weighted by atomic mass is 10.0. The van der Waals surface area contributed by atoms with Gasteiger partial charge in [-0.15, -0.1) is 24.8 Å². The molecule has 1 heterocycles. The maximum Gasteiger partial charge on any atom is 0.122 e. The average Bonchev–Trinajstić information content (AvgIpc) is 2.43. The number of rotatable bonds is 6. The Morgan fingerprint density at radius 3 is 2.35 bits per heavy atom. The lowest BCUT2D eigenvalue weighted by Gasteiger charge is -2.32. The van der Waals surface area contributed by atoms with Gasteiger partial charge in [0.15, 0.2) is 0 Å². The fraction of sp³-hybridized carbons (Fsp3) is 0.667. The number of nitrogens with zero attached hydrogens (tertiary/aromatic N) is 2. The second-order valence-electron chi connectivity index (χ2n) is 6.70. The number of hydrogen-bond donors (Lipinski definition) is 0. The van der Waals surface area contributed by atoms with Gasteiger partial charge in [-0.2, -0.15) is 0 Å². The summed E-state index contributed by atoms with van der Waals surface area (Å²) in [7, 11) is 2.19. The van der Waals surface area contributed by atoms with Crippen LogP contribution in [0.2, 0.25) is 0 Å². The fourth-order valence-corrected chi connectivity index (χ4v) is 2.80. The lowest BCUT2D eigenvalue weighted by molar-refractivity contribution is 0.133. The van der Waals surface area contributed by atoms with E-state index in [1.54, 1.807) is 0 Å². The molecule has 0 bridgehead atoms. The van der Waals surface area contributed by atoms with Crippen LogP contribution in [-0.4, -0.2) is 56.2 Å². The van der Waals surface area contributed by atoms with Crippen molar-refractivity contribution < 1.29 is 4.74 Å². The minimum atomic E-state index is 0. The summed E-state index contributed by atoms with van der Waals surface area (Å²) in [6.07, 6.45) is 1.09. The molecule has 0 unspecified atom stereocenters. The van der Waals surface area contributed by atoms with E-state index in [4.69, 9.17) is 4.74 Å². The highest BCUT2D eigenvalue weighted by molar-refractivity contribution is 5.85. The zero-order valence-corrected chi connectivity index (χ0v) is 16.5. The van der Waals surface area contributed by atoms with Gasteiger partial charge in [0.1, 0.15) is 12.4 Å². The first-order valence-electron chi connectivity index (χ1n) is 8.18. The van der Waals surface area contributed by atoms with Crippen molar-refractivity contribution in [3.8, 4) is 5.75 Å². The molecule has 1 aromatic rings. The molecule has 0 atom stereocenters. The molecule has 1 aromatic carbocycles. The van der Waals surface area contributed by atoms with Crippen LogP contribution < -0.4 is 4.74 Å². The predicted molar refractivity (Wildman–Crippen MR) is 104 cm³/mol. The summed E-state index contributed by atoms with van der Waals surface area (Å²) in [5.74, 6) is 1.73. The molecule has 0 saturated carbocycles. The summed E-state index contributed by atoms with van der Waals surface area (Å²) in [4.78, 5) is 4.88. The van der Waals surface area contributed by atoms with E-state index < -0.39 is 0 Å². The van der Waals surface area contributed by atoms with Crippen molar-refractivity contribution in [2.75, 3.05) is 46.4 Å². The smallest absolute Gasteiger partial charge is 0.122 e. The molecule has 0 spiro atoms. The van der Waals surface area contributed by atoms with E-state index in [9.17, 15) is 0 Å². The Balaban J connectivity index is 0.00000242. The number of hydrogen-bond acceptors (Lipinski definition) is 3. The average molecular weight is 363 g/mol. The highest BCUT2D eigenvalue weighted by Crippen LogP contribution is 2.23. The molecule has 0 aromatic heterocycles. The number of aryl methyl sites for hydroxylation is 1. The normalized spacial score (nSPS) is 15.9. The van der Waals surface area contributed by atoms with Crippen LogP contribution >= 0.6 is 24.8 Å². The van der Waals surface area contributed by atoms with E-state index >= 15 is 0 Å². The van der Waals surface area contributed by atoms with Crippen LogP contribution in [0, 0.1) is 12.8 Å². The van der Waals surface area contributed by atoms with Crippen molar-refractivity contribution in [3.63, 3.8) is 0 Å². The fourth-order valence-electron chi connectivity index (χ4n) is 2.80. The summed E-state index contributed by atoms with van der Waals surface area (Å²) >= 11 is 0. The number of benzene rings is 1. The highest BCUT2D eigenvalue weighted by Gasteiger charge is 2.13. The van der Waals surface area contributed by atoms with Crippen LogP contribution in [0.5, 0.6) is 5.75 Å². The van der Waals surface area contributed by atoms with Gasteiger partial charge in [0.05, 0.1) is 0 Å².